The normalized spacial score (nSPS) is 23.5. The van der Waals surface area contributed by atoms with E-state index < -0.39 is 23.3 Å². The predicted molar refractivity (Wildman–Crippen MR) is 165 cm³/mol. The molecule has 0 saturated carbocycles. The molecular weight excluding hydrogens is 583 g/mol. The zero-order chi connectivity index (χ0) is 31.3. The molecule has 234 valence electrons. The highest BCUT2D eigenvalue weighted by Crippen LogP contribution is 2.42. The van der Waals surface area contributed by atoms with E-state index in [1.165, 1.54) is 30.5 Å². The predicted octanol–water partition coefficient (Wildman–Crippen LogP) is 5.77. The Morgan fingerprint density at radius 2 is 2.02 bits per heavy atom. The van der Waals surface area contributed by atoms with Gasteiger partial charge in [-0.25, -0.2) is 13.2 Å². The van der Waals surface area contributed by atoms with Crippen LogP contribution in [0.5, 0.6) is 11.8 Å². The molecule has 3 fully saturated rings. The molecule has 7 rings (SSSR count). The molecule has 3 atom stereocenters. The van der Waals surface area contributed by atoms with Crippen LogP contribution in [0.2, 0.25) is 0 Å². The van der Waals surface area contributed by atoms with Gasteiger partial charge in [0.1, 0.15) is 41.4 Å². The molecule has 0 bridgehead atoms. The number of hydrogen-bond donors (Lipinski definition) is 1. The van der Waals surface area contributed by atoms with Crippen molar-refractivity contribution in [3.8, 4) is 35.4 Å². The van der Waals surface area contributed by atoms with Crippen molar-refractivity contribution in [2.75, 3.05) is 44.9 Å². The van der Waals surface area contributed by atoms with Crippen LogP contribution in [0, 0.1) is 24.0 Å². The molecule has 3 saturated heterocycles. The summed E-state index contributed by atoms with van der Waals surface area (Å²) in [5, 5.41) is 11.6. The third-order valence-electron chi connectivity index (χ3n) is 9.58. The maximum absolute atomic E-state index is 16.8. The molecular formula is C34H34F3N5O3. The summed E-state index contributed by atoms with van der Waals surface area (Å²) in [6.45, 7) is 2.50. The molecule has 11 heteroatoms. The molecule has 1 N–H and O–H groups in total. The quantitative estimate of drug-likeness (QED) is 0.262. The van der Waals surface area contributed by atoms with Crippen LogP contribution in [-0.2, 0) is 4.74 Å². The van der Waals surface area contributed by atoms with Gasteiger partial charge in [-0.3, -0.25) is 9.88 Å². The second-order valence-electron chi connectivity index (χ2n) is 12.3. The monoisotopic (exact) mass is 617 g/mol. The minimum absolute atomic E-state index is 0.000316. The lowest BCUT2D eigenvalue weighted by Crippen LogP contribution is -2.44. The largest absolute Gasteiger partial charge is 0.508 e. The number of terminal acetylenes is 1. The first kappa shape index (κ1) is 29.6. The van der Waals surface area contributed by atoms with Gasteiger partial charge >= 0.3 is 6.01 Å². The number of rotatable bonds is 7. The molecule has 2 aromatic carbocycles. The van der Waals surface area contributed by atoms with E-state index in [4.69, 9.17) is 20.9 Å². The fraction of sp³-hybridized carbons (Fsp3) is 0.441. The number of piperidine rings is 1. The number of ether oxygens (including phenoxy) is 2. The number of fused-ring (bicyclic) bond motifs is 3. The van der Waals surface area contributed by atoms with E-state index in [1.807, 2.05) is 0 Å². The summed E-state index contributed by atoms with van der Waals surface area (Å²) in [6, 6.07) is 5.43. The lowest BCUT2D eigenvalue weighted by atomic mass is 9.95. The van der Waals surface area contributed by atoms with E-state index >= 15 is 4.39 Å². The zero-order valence-electron chi connectivity index (χ0n) is 25.0. The lowest BCUT2D eigenvalue weighted by Gasteiger charge is -2.37. The van der Waals surface area contributed by atoms with Crippen molar-refractivity contribution in [3.63, 3.8) is 0 Å². The van der Waals surface area contributed by atoms with Gasteiger partial charge in [-0.2, -0.15) is 9.97 Å². The van der Waals surface area contributed by atoms with Crippen LogP contribution in [-0.4, -0.2) is 82.7 Å². The summed E-state index contributed by atoms with van der Waals surface area (Å²) in [5.41, 5.74) is -0.554. The summed E-state index contributed by atoms with van der Waals surface area (Å²) < 4.78 is 57.8. The minimum Gasteiger partial charge on any atom is -0.508 e. The number of phenols is 1. The second kappa shape index (κ2) is 11.7. The molecule has 5 heterocycles. The molecule has 3 aliphatic heterocycles. The molecule has 0 unspecified atom stereocenters. The highest BCUT2D eigenvalue weighted by molar-refractivity contribution is 6.03. The van der Waals surface area contributed by atoms with Crippen LogP contribution in [0.25, 0.3) is 32.9 Å². The third kappa shape index (κ3) is 5.10. The van der Waals surface area contributed by atoms with Crippen LogP contribution < -0.4 is 9.64 Å². The van der Waals surface area contributed by atoms with E-state index in [2.05, 4.69) is 25.7 Å². The van der Waals surface area contributed by atoms with Crippen molar-refractivity contribution < 1.29 is 27.8 Å². The summed E-state index contributed by atoms with van der Waals surface area (Å²) >= 11 is 0. The fourth-order valence-electron chi connectivity index (χ4n) is 7.54. The second-order valence-corrected chi connectivity index (χ2v) is 12.3. The molecule has 0 radical (unpaired) electrons. The number of aromatic hydroxyl groups is 1. The number of alkyl halides is 1. The van der Waals surface area contributed by atoms with Crippen LogP contribution in [0.4, 0.5) is 19.0 Å². The van der Waals surface area contributed by atoms with E-state index in [9.17, 15) is 13.9 Å². The molecule has 8 nitrogen and oxygen atoms in total. The lowest BCUT2D eigenvalue weighted by molar-refractivity contribution is 0.107. The van der Waals surface area contributed by atoms with Gasteiger partial charge in [-0.05, 0) is 62.2 Å². The Hall–Kier alpha value is -4.14. The Morgan fingerprint density at radius 1 is 1.16 bits per heavy atom. The zero-order valence-corrected chi connectivity index (χ0v) is 25.0. The van der Waals surface area contributed by atoms with Crippen molar-refractivity contribution >= 4 is 27.5 Å². The minimum atomic E-state index is -0.925. The van der Waals surface area contributed by atoms with Gasteiger partial charge in [0.25, 0.3) is 0 Å². The number of aromatic nitrogens is 3. The van der Waals surface area contributed by atoms with Crippen molar-refractivity contribution in [2.45, 2.75) is 56.3 Å². The molecule has 0 amide bonds. The molecule has 45 heavy (non-hydrogen) atoms. The maximum atomic E-state index is 16.8. The molecule has 3 aliphatic rings. The van der Waals surface area contributed by atoms with Crippen molar-refractivity contribution in [2.24, 2.45) is 0 Å². The number of anilines is 1. The van der Waals surface area contributed by atoms with E-state index in [0.717, 1.165) is 38.6 Å². The van der Waals surface area contributed by atoms with Crippen molar-refractivity contribution in [1.29, 1.82) is 0 Å². The Morgan fingerprint density at radius 3 is 2.84 bits per heavy atom. The van der Waals surface area contributed by atoms with Gasteiger partial charge in [0.2, 0.25) is 0 Å². The number of phenolic OH excluding ortho intramolecular Hbond substituents is 1. The Labute approximate surface area is 259 Å². The van der Waals surface area contributed by atoms with E-state index in [1.54, 1.807) is 7.11 Å². The summed E-state index contributed by atoms with van der Waals surface area (Å²) in [5.74, 6) is 1.26. The number of halogens is 3. The number of nitrogens with zero attached hydrogens (tertiary/aromatic N) is 5. The highest BCUT2D eigenvalue weighted by atomic mass is 19.1. The summed E-state index contributed by atoms with van der Waals surface area (Å²) in [7, 11) is 1.65. The topological polar surface area (TPSA) is 83.8 Å². The number of benzene rings is 2. The molecule has 4 aromatic rings. The Balaban J connectivity index is 1.39. The van der Waals surface area contributed by atoms with E-state index in [0.29, 0.717) is 42.7 Å². The fourth-order valence-corrected chi connectivity index (χ4v) is 7.54. The Bertz CT molecular complexity index is 1830. The highest BCUT2D eigenvalue weighted by Gasteiger charge is 2.49. The third-order valence-corrected chi connectivity index (χ3v) is 9.58. The first-order valence-electron chi connectivity index (χ1n) is 15.4. The SMILES string of the molecule is C#Cc1c(F)ccc2cc(O)cc(-c3ncc4c(N5CCCC[C@@H]5COC)nc(OC[C@@]56CCCN5C[C@H](F)C6)nc4c3F)c12. The molecule has 0 aliphatic carbocycles. The van der Waals surface area contributed by atoms with Gasteiger partial charge in [0.05, 0.1) is 29.1 Å². The first-order valence-corrected chi connectivity index (χ1v) is 15.4. The standard InChI is InChI=1S/C34H34F3N5O3/c1-3-24-27(36)9-8-20-13-23(43)14-25(28(20)24)30-29(37)31-26(16-38-30)32(42-12-5-4-7-22(42)18-44-2)40-33(39-31)45-19-34-10-6-11-41(34)17-21(35)15-34/h1,8-9,13-14,16,21-22,43H,4-7,10-12,15,17-19H2,2H3/t21-,22-,34+/m1/s1. The first-order chi connectivity index (χ1) is 21.8. The smallest absolute Gasteiger partial charge is 0.319 e. The van der Waals surface area contributed by atoms with Gasteiger partial charge in [-0.15, -0.1) is 6.42 Å². The van der Waals surface area contributed by atoms with Crippen molar-refractivity contribution in [3.05, 3.63) is 47.7 Å². The summed E-state index contributed by atoms with van der Waals surface area (Å²) in [4.78, 5) is 18.1. The number of hydrogen-bond acceptors (Lipinski definition) is 8. The van der Waals surface area contributed by atoms with E-state index in [-0.39, 0.29) is 52.1 Å². The van der Waals surface area contributed by atoms with Crippen LogP contribution in [0.15, 0.2) is 30.5 Å². The number of methoxy groups -OCH3 is 1. The number of pyridine rings is 1. The Kier molecular flexibility index (Phi) is 7.66. The maximum Gasteiger partial charge on any atom is 0.319 e. The molecule has 0 spiro atoms. The van der Waals surface area contributed by atoms with Crippen LogP contribution >= 0.6 is 0 Å². The van der Waals surface area contributed by atoms with Gasteiger partial charge in [0, 0.05) is 43.8 Å². The summed E-state index contributed by atoms with van der Waals surface area (Å²) in [6.07, 6.45) is 11.2. The van der Waals surface area contributed by atoms with Gasteiger partial charge in [0.15, 0.2) is 5.82 Å². The molecule has 2 aromatic heterocycles. The van der Waals surface area contributed by atoms with Crippen LogP contribution in [0.3, 0.4) is 0 Å². The van der Waals surface area contributed by atoms with Crippen molar-refractivity contribution in [1.82, 2.24) is 19.9 Å². The average molecular weight is 618 g/mol. The van der Waals surface area contributed by atoms with Gasteiger partial charge in [-0.1, -0.05) is 12.0 Å². The van der Waals surface area contributed by atoms with Gasteiger partial charge < -0.3 is 19.5 Å². The average Bonchev–Trinajstić information content (AvgIpc) is 3.56. The van der Waals surface area contributed by atoms with Crippen LogP contribution in [0.1, 0.15) is 44.1 Å².